The second kappa shape index (κ2) is 4.28. The highest BCUT2D eigenvalue weighted by atomic mass is 32.2. The third kappa shape index (κ3) is 1.83. The Morgan fingerprint density at radius 2 is 2.44 bits per heavy atom. The molecule has 3 rings (SSSR count). The van der Waals surface area contributed by atoms with E-state index in [4.69, 9.17) is 9.15 Å². The van der Waals surface area contributed by atoms with Crippen LogP contribution in [0.15, 0.2) is 10.8 Å². The van der Waals surface area contributed by atoms with Crippen molar-refractivity contribution in [2.24, 2.45) is 0 Å². The molecule has 1 aromatic heterocycles. The van der Waals surface area contributed by atoms with Crippen molar-refractivity contribution in [2.75, 3.05) is 26.0 Å². The van der Waals surface area contributed by atoms with Crippen LogP contribution in [-0.4, -0.2) is 52.6 Å². The van der Waals surface area contributed by atoms with Crippen LogP contribution in [0.4, 0.5) is 0 Å². The Balaban J connectivity index is 1.63. The number of ether oxygens (including phenoxy) is 1. The molecule has 6 heteroatoms. The van der Waals surface area contributed by atoms with Gasteiger partial charge < -0.3 is 14.1 Å². The number of hydrogen-bond donors (Lipinski definition) is 0. The van der Waals surface area contributed by atoms with Crippen LogP contribution in [0, 0.1) is 6.92 Å². The lowest BCUT2D eigenvalue weighted by Crippen LogP contribution is -2.60. The largest absolute Gasteiger partial charge is 0.438 e. The standard InChI is InChI=1S/C12H16N2O3S/c1-8-10(17-7-13-8)11(15)14-5-12(6-14)3-9(16-2)4-18-12/h7,9H,3-6H2,1-2H3. The van der Waals surface area contributed by atoms with Gasteiger partial charge in [0.2, 0.25) is 5.76 Å². The number of likely N-dealkylation sites (tertiary alicyclic amines) is 1. The van der Waals surface area contributed by atoms with E-state index in [0.29, 0.717) is 17.6 Å². The van der Waals surface area contributed by atoms with Gasteiger partial charge in [-0.05, 0) is 13.3 Å². The average Bonchev–Trinajstić information content (AvgIpc) is 2.92. The number of oxazole rings is 1. The number of thioether (sulfide) groups is 1. The molecule has 2 saturated heterocycles. The van der Waals surface area contributed by atoms with Crippen LogP contribution in [0.3, 0.4) is 0 Å². The number of hydrogen-bond acceptors (Lipinski definition) is 5. The predicted octanol–water partition coefficient (Wildman–Crippen LogP) is 1.33. The van der Waals surface area contributed by atoms with Gasteiger partial charge in [0.25, 0.3) is 5.91 Å². The van der Waals surface area contributed by atoms with Crippen LogP contribution in [0.1, 0.15) is 22.7 Å². The Labute approximate surface area is 110 Å². The smallest absolute Gasteiger partial charge is 0.291 e. The monoisotopic (exact) mass is 268 g/mol. The van der Waals surface area contributed by atoms with Gasteiger partial charge in [-0.25, -0.2) is 4.98 Å². The summed E-state index contributed by atoms with van der Waals surface area (Å²) >= 11 is 1.92. The van der Waals surface area contributed by atoms with Gasteiger partial charge in [-0.2, -0.15) is 0 Å². The van der Waals surface area contributed by atoms with Crippen molar-refractivity contribution in [2.45, 2.75) is 24.2 Å². The SMILES string of the molecule is COC1CSC2(C1)CN(C(=O)c1ocnc1C)C2. The van der Waals surface area contributed by atoms with E-state index in [1.165, 1.54) is 6.39 Å². The zero-order chi connectivity index (χ0) is 12.8. The Kier molecular flexibility index (Phi) is 2.86. The third-order valence-corrected chi connectivity index (χ3v) is 5.27. The quantitative estimate of drug-likeness (QED) is 0.810. The van der Waals surface area contributed by atoms with E-state index in [0.717, 1.165) is 25.3 Å². The molecule has 1 aromatic rings. The normalized spacial score (nSPS) is 25.4. The summed E-state index contributed by atoms with van der Waals surface area (Å²) in [7, 11) is 1.75. The van der Waals surface area contributed by atoms with Gasteiger partial charge in [-0.15, -0.1) is 11.8 Å². The molecule has 1 atom stereocenters. The molecule has 18 heavy (non-hydrogen) atoms. The molecule has 0 bridgehead atoms. The Bertz CT molecular complexity index is 468. The van der Waals surface area contributed by atoms with E-state index in [-0.39, 0.29) is 10.7 Å². The Hall–Kier alpha value is -1.01. The summed E-state index contributed by atoms with van der Waals surface area (Å²) in [6.45, 7) is 3.37. The van der Waals surface area contributed by atoms with Crippen molar-refractivity contribution in [3.63, 3.8) is 0 Å². The number of methoxy groups -OCH3 is 1. The fourth-order valence-corrected chi connectivity index (χ4v) is 4.21. The number of carbonyl (C=O) groups excluding carboxylic acids is 1. The summed E-state index contributed by atoms with van der Waals surface area (Å²) in [5, 5.41) is 0. The molecule has 0 radical (unpaired) electrons. The van der Waals surface area contributed by atoms with Gasteiger partial charge in [-0.3, -0.25) is 4.79 Å². The number of carbonyl (C=O) groups is 1. The van der Waals surface area contributed by atoms with Gasteiger partial charge in [0, 0.05) is 26.0 Å². The Morgan fingerprint density at radius 1 is 1.67 bits per heavy atom. The van der Waals surface area contributed by atoms with E-state index in [1.54, 1.807) is 14.0 Å². The van der Waals surface area contributed by atoms with Gasteiger partial charge in [0.15, 0.2) is 6.39 Å². The first kappa shape index (κ1) is 12.0. The maximum absolute atomic E-state index is 12.2. The lowest BCUT2D eigenvalue weighted by molar-refractivity contribution is 0.0424. The minimum Gasteiger partial charge on any atom is -0.438 e. The minimum atomic E-state index is -0.0444. The highest BCUT2D eigenvalue weighted by Crippen LogP contribution is 2.46. The zero-order valence-electron chi connectivity index (χ0n) is 10.5. The summed E-state index contributed by atoms with van der Waals surface area (Å²) in [5.41, 5.74) is 0.662. The summed E-state index contributed by atoms with van der Waals surface area (Å²) in [4.78, 5) is 17.9. The van der Waals surface area contributed by atoms with Crippen molar-refractivity contribution in [1.29, 1.82) is 0 Å². The Morgan fingerprint density at radius 3 is 3.00 bits per heavy atom. The maximum Gasteiger partial charge on any atom is 0.291 e. The molecular weight excluding hydrogens is 252 g/mol. The predicted molar refractivity (Wildman–Crippen MR) is 67.7 cm³/mol. The number of nitrogens with zero attached hydrogens (tertiary/aromatic N) is 2. The first-order valence-electron chi connectivity index (χ1n) is 6.00. The van der Waals surface area contributed by atoms with Crippen molar-refractivity contribution < 1.29 is 13.9 Å². The molecule has 0 saturated carbocycles. The highest BCUT2D eigenvalue weighted by molar-refractivity contribution is 8.01. The zero-order valence-corrected chi connectivity index (χ0v) is 11.3. The summed E-state index contributed by atoms with van der Waals surface area (Å²) in [5.74, 6) is 1.35. The van der Waals surface area contributed by atoms with Crippen molar-refractivity contribution in [3.8, 4) is 0 Å². The first-order chi connectivity index (χ1) is 8.63. The van der Waals surface area contributed by atoms with Gasteiger partial charge in [0.1, 0.15) is 0 Å². The van der Waals surface area contributed by atoms with Crippen LogP contribution >= 0.6 is 11.8 Å². The third-order valence-electron chi connectivity index (χ3n) is 3.69. The molecule has 2 aliphatic heterocycles. The minimum absolute atomic E-state index is 0.0444. The number of aryl methyl sites for hydroxylation is 1. The maximum atomic E-state index is 12.2. The average molecular weight is 268 g/mol. The van der Waals surface area contributed by atoms with Crippen molar-refractivity contribution in [3.05, 3.63) is 17.8 Å². The van der Waals surface area contributed by atoms with E-state index in [1.807, 2.05) is 16.7 Å². The lowest BCUT2D eigenvalue weighted by atomic mass is 9.92. The van der Waals surface area contributed by atoms with E-state index in [2.05, 4.69) is 4.98 Å². The van der Waals surface area contributed by atoms with Crippen LogP contribution in [-0.2, 0) is 4.74 Å². The number of aromatic nitrogens is 1. The van der Waals surface area contributed by atoms with Crippen LogP contribution in [0.25, 0.3) is 0 Å². The first-order valence-corrected chi connectivity index (χ1v) is 6.98. The molecule has 2 aliphatic rings. The van der Waals surface area contributed by atoms with Crippen LogP contribution in [0.2, 0.25) is 0 Å². The molecule has 3 heterocycles. The molecule has 2 fully saturated rings. The molecule has 5 nitrogen and oxygen atoms in total. The summed E-state index contributed by atoms with van der Waals surface area (Å²) < 4.78 is 10.7. The highest BCUT2D eigenvalue weighted by Gasteiger charge is 2.51. The van der Waals surface area contributed by atoms with Gasteiger partial charge in [-0.1, -0.05) is 0 Å². The molecule has 1 amide bonds. The molecule has 0 aromatic carbocycles. The fourth-order valence-electron chi connectivity index (χ4n) is 2.62. The van der Waals surface area contributed by atoms with E-state index in [9.17, 15) is 4.79 Å². The van der Waals surface area contributed by atoms with Crippen LogP contribution in [0.5, 0.6) is 0 Å². The molecule has 0 aliphatic carbocycles. The number of rotatable bonds is 2. The second-order valence-corrected chi connectivity index (χ2v) is 6.47. The van der Waals surface area contributed by atoms with Crippen LogP contribution < -0.4 is 0 Å². The molecule has 1 spiro atoms. The topological polar surface area (TPSA) is 55.6 Å². The van der Waals surface area contributed by atoms with Crippen molar-refractivity contribution in [1.82, 2.24) is 9.88 Å². The van der Waals surface area contributed by atoms with E-state index >= 15 is 0 Å². The molecule has 1 unspecified atom stereocenters. The molecular formula is C12H16N2O3S. The summed E-state index contributed by atoms with van der Waals surface area (Å²) in [6.07, 6.45) is 2.69. The second-order valence-electron chi connectivity index (χ2n) is 4.98. The molecule has 98 valence electrons. The molecule has 0 N–H and O–H groups in total. The number of amides is 1. The van der Waals surface area contributed by atoms with Gasteiger partial charge in [0.05, 0.1) is 16.5 Å². The fraction of sp³-hybridized carbons (Fsp3) is 0.667. The van der Waals surface area contributed by atoms with Crippen molar-refractivity contribution >= 4 is 17.7 Å². The van der Waals surface area contributed by atoms with E-state index < -0.39 is 0 Å². The lowest BCUT2D eigenvalue weighted by Gasteiger charge is -2.47. The summed E-state index contributed by atoms with van der Waals surface area (Å²) in [6, 6.07) is 0. The van der Waals surface area contributed by atoms with Gasteiger partial charge >= 0.3 is 0 Å².